The van der Waals surface area contributed by atoms with Crippen molar-refractivity contribution in [1.29, 1.82) is 0 Å². The molecule has 0 radical (unpaired) electrons. The summed E-state index contributed by atoms with van der Waals surface area (Å²) in [5, 5.41) is 0. The summed E-state index contributed by atoms with van der Waals surface area (Å²) in [6, 6.07) is 34.6. The number of hydrogen-bond acceptors (Lipinski definition) is 4. The molecule has 4 heteroatoms. The van der Waals surface area contributed by atoms with Crippen LogP contribution in [0.1, 0.15) is 18.4 Å². The molecule has 0 N–H and O–H groups in total. The highest BCUT2D eigenvalue weighted by Crippen LogP contribution is 2.36. The van der Waals surface area contributed by atoms with Crippen molar-refractivity contribution in [3.63, 3.8) is 0 Å². The topological polar surface area (TPSA) is 51.0 Å². The number of aromatic nitrogens is 3. The molecule has 200 valence electrons. The summed E-state index contributed by atoms with van der Waals surface area (Å²) in [4.78, 5) is 17.6. The maximum Gasteiger partial charge on any atom is 0.0346 e. The van der Waals surface area contributed by atoms with Crippen molar-refractivity contribution >= 4 is 11.8 Å². The molecule has 3 aromatic carbocycles. The first-order chi connectivity index (χ1) is 20.8. The number of hydrogen-bond donors (Lipinski definition) is 0. The van der Waals surface area contributed by atoms with Gasteiger partial charge in [-0.1, -0.05) is 36.4 Å². The van der Waals surface area contributed by atoms with E-state index in [1.54, 1.807) is 0 Å². The van der Waals surface area contributed by atoms with Crippen LogP contribution in [0.15, 0.2) is 145 Å². The molecule has 1 aliphatic rings. The normalized spacial score (nSPS) is 12.6. The predicted molar refractivity (Wildman–Crippen MR) is 173 cm³/mol. The molecule has 0 aliphatic carbocycles. The third-order valence-electron chi connectivity index (χ3n) is 7.63. The number of aliphatic imine (C=N–C) groups is 1. The zero-order valence-electron chi connectivity index (χ0n) is 23.1. The van der Waals surface area contributed by atoms with Crippen LogP contribution in [0.4, 0.5) is 0 Å². The van der Waals surface area contributed by atoms with Gasteiger partial charge in [0.15, 0.2) is 0 Å². The zero-order chi connectivity index (χ0) is 28.1. The Labute approximate surface area is 245 Å². The average molecular weight is 541 g/mol. The first kappa shape index (κ1) is 25.5. The Hall–Kier alpha value is -5.48. The van der Waals surface area contributed by atoms with Gasteiger partial charge >= 0.3 is 0 Å². The van der Waals surface area contributed by atoms with Crippen LogP contribution in [0.25, 0.3) is 61.2 Å². The molecule has 0 atom stereocenters. The van der Waals surface area contributed by atoms with Gasteiger partial charge in [0.25, 0.3) is 0 Å². The number of pyridine rings is 3. The molecule has 0 spiro atoms. The molecular weight excluding hydrogens is 512 g/mol. The van der Waals surface area contributed by atoms with E-state index >= 15 is 0 Å². The lowest BCUT2D eigenvalue weighted by atomic mass is 9.90. The Morgan fingerprint density at radius 3 is 1.21 bits per heavy atom. The molecule has 4 heterocycles. The van der Waals surface area contributed by atoms with Crippen LogP contribution >= 0.6 is 0 Å². The summed E-state index contributed by atoms with van der Waals surface area (Å²) in [5.41, 5.74) is 13.7. The summed E-state index contributed by atoms with van der Waals surface area (Å²) in [7, 11) is 0. The van der Waals surface area contributed by atoms with Crippen molar-refractivity contribution < 1.29 is 0 Å². The smallest absolute Gasteiger partial charge is 0.0346 e. The van der Waals surface area contributed by atoms with E-state index in [0.29, 0.717) is 0 Å². The van der Waals surface area contributed by atoms with Crippen LogP contribution in [0.5, 0.6) is 0 Å². The summed E-state index contributed by atoms with van der Waals surface area (Å²) in [6.45, 7) is 0. The van der Waals surface area contributed by atoms with Crippen LogP contribution in [0.3, 0.4) is 0 Å². The monoisotopic (exact) mass is 540 g/mol. The van der Waals surface area contributed by atoms with Gasteiger partial charge in [0.05, 0.1) is 0 Å². The highest BCUT2D eigenvalue weighted by molar-refractivity contribution is 5.85. The minimum absolute atomic E-state index is 0.959. The number of nitrogens with zero attached hydrogens (tertiary/aromatic N) is 4. The Kier molecular flexibility index (Phi) is 7.01. The number of rotatable bonds is 6. The molecule has 1 aliphatic heterocycles. The van der Waals surface area contributed by atoms with Gasteiger partial charge in [0.1, 0.15) is 0 Å². The van der Waals surface area contributed by atoms with E-state index in [1.807, 2.05) is 67.8 Å². The van der Waals surface area contributed by atoms with E-state index in [4.69, 9.17) is 0 Å². The highest BCUT2D eigenvalue weighted by Gasteiger charge is 2.13. The van der Waals surface area contributed by atoms with Crippen molar-refractivity contribution in [1.82, 2.24) is 15.0 Å². The first-order valence-electron chi connectivity index (χ1n) is 14.1. The quantitative estimate of drug-likeness (QED) is 0.211. The molecule has 3 aromatic heterocycles. The predicted octanol–water partition coefficient (Wildman–Crippen LogP) is 9.41. The molecule has 0 fully saturated rings. The van der Waals surface area contributed by atoms with Gasteiger partial charge in [-0.3, -0.25) is 19.9 Å². The fourth-order valence-electron chi connectivity index (χ4n) is 5.47. The molecule has 0 bridgehead atoms. The Bertz CT molecular complexity index is 1850. The van der Waals surface area contributed by atoms with Crippen LogP contribution in [-0.2, 0) is 0 Å². The lowest BCUT2D eigenvalue weighted by molar-refractivity contribution is 1.10. The maximum absolute atomic E-state index is 4.45. The lowest BCUT2D eigenvalue weighted by Gasteiger charge is -2.15. The lowest BCUT2D eigenvalue weighted by Crippen LogP contribution is -1.93. The molecular formula is C38H28N4. The first-order valence-corrected chi connectivity index (χ1v) is 14.1. The molecule has 7 rings (SSSR count). The summed E-state index contributed by atoms with van der Waals surface area (Å²) in [6.07, 6.45) is 17.1. The molecule has 0 saturated heterocycles. The molecule has 42 heavy (non-hydrogen) atoms. The molecule has 4 nitrogen and oxygen atoms in total. The van der Waals surface area contributed by atoms with E-state index in [9.17, 15) is 0 Å². The highest BCUT2D eigenvalue weighted by atomic mass is 14.7. The maximum atomic E-state index is 4.45. The zero-order valence-corrected chi connectivity index (χ0v) is 23.1. The van der Waals surface area contributed by atoms with Gasteiger partial charge in [0, 0.05) is 66.3 Å². The average Bonchev–Trinajstić information content (AvgIpc) is 3.09. The fourth-order valence-corrected chi connectivity index (χ4v) is 5.47. The van der Waals surface area contributed by atoms with Crippen LogP contribution in [0, 0.1) is 0 Å². The van der Waals surface area contributed by atoms with Gasteiger partial charge in [-0.2, -0.15) is 0 Å². The van der Waals surface area contributed by atoms with Gasteiger partial charge in [-0.25, -0.2) is 0 Å². The number of allylic oxidation sites excluding steroid dienone is 1. The van der Waals surface area contributed by atoms with Crippen LogP contribution in [0.2, 0.25) is 0 Å². The second-order valence-corrected chi connectivity index (χ2v) is 10.4. The number of benzene rings is 3. The van der Waals surface area contributed by atoms with Gasteiger partial charge in [-0.05, 0) is 124 Å². The Morgan fingerprint density at radius 2 is 0.810 bits per heavy atom. The van der Waals surface area contributed by atoms with E-state index in [0.717, 1.165) is 62.9 Å². The van der Waals surface area contributed by atoms with E-state index in [-0.39, 0.29) is 0 Å². The minimum Gasteiger partial charge on any atom is -0.269 e. The minimum atomic E-state index is 0.959. The van der Waals surface area contributed by atoms with Crippen LogP contribution < -0.4 is 0 Å². The van der Waals surface area contributed by atoms with Crippen molar-refractivity contribution in [2.45, 2.75) is 12.8 Å². The third-order valence-corrected chi connectivity index (χ3v) is 7.63. The third kappa shape index (κ3) is 5.43. The molecule has 0 amide bonds. The van der Waals surface area contributed by atoms with Gasteiger partial charge < -0.3 is 0 Å². The van der Waals surface area contributed by atoms with Crippen molar-refractivity contribution in [3.8, 4) is 55.6 Å². The van der Waals surface area contributed by atoms with E-state index < -0.39 is 0 Å². The summed E-state index contributed by atoms with van der Waals surface area (Å²) >= 11 is 0. The SMILES string of the molecule is C1=NC=C(c2cc(-c3cccnc3)cc(-c3cccc(-c4cc(-c5cccnc5)cc(-c5cccnc5)c4)c3)c2)CC1. The second kappa shape index (κ2) is 11.6. The molecule has 0 unspecified atom stereocenters. The van der Waals surface area contributed by atoms with E-state index in [2.05, 4.69) is 98.8 Å². The van der Waals surface area contributed by atoms with Crippen LogP contribution in [-0.4, -0.2) is 21.2 Å². The summed E-state index contributed by atoms with van der Waals surface area (Å²) < 4.78 is 0. The molecule has 6 aromatic rings. The van der Waals surface area contributed by atoms with Gasteiger partial charge in [-0.15, -0.1) is 0 Å². The van der Waals surface area contributed by atoms with Crippen molar-refractivity contribution in [2.75, 3.05) is 0 Å². The van der Waals surface area contributed by atoms with Gasteiger partial charge in [0.2, 0.25) is 0 Å². The van der Waals surface area contributed by atoms with E-state index in [1.165, 1.54) is 16.7 Å². The fraction of sp³-hybridized carbons (Fsp3) is 0.0526. The Balaban J connectivity index is 1.36. The van der Waals surface area contributed by atoms with Crippen molar-refractivity contribution in [2.24, 2.45) is 4.99 Å². The largest absolute Gasteiger partial charge is 0.269 e. The molecule has 0 saturated carbocycles. The second-order valence-electron chi connectivity index (χ2n) is 10.4. The standard InChI is InChI=1S/C38H28N4/c1-6-27(33-17-35(29-8-2-12-39-23-29)21-36(18-33)30-9-3-13-40-24-30)16-28(7-1)34-19-37(31-10-4-14-41-25-31)22-38(20-34)32-11-5-15-42-26-32/h1-4,6-10,12-26H,5,11H2. The summed E-state index contributed by atoms with van der Waals surface area (Å²) in [5.74, 6) is 0. The Morgan fingerprint density at radius 1 is 0.405 bits per heavy atom. The van der Waals surface area contributed by atoms with Crippen molar-refractivity contribution in [3.05, 3.63) is 146 Å².